The van der Waals surface area contributed by atoms with Crippen LogP contribution in [0.3, 0.4) is 0 Å². The van der Waals surface area contributed by atoms with Crippen LogP contribution in [0.1, 0.15) is 16.6 Å². The molecule has 0 N–H and O–H groups in total. The van der Waals surface area contributed by atoms with Gasteiger partial charge in [0.2, 0.25) is 0 Å². The summed E-state index contributed by atoms with van der Waals surface area (Å²) in [5, 5.41) is 11.3. The Hall–Kier alpha value is -2.19. The zero-order valence-corrected chi connectivity index (χ0v) is 10.5. The molecule has 0 spiro atoms. The smallest absolute Gasteiger partial charge is 0.335 e. The summed E-state index contributed by atoms with van der Waals surface area (Å²) in [5.74, 6) is -1.14. The Morgan fingerprint density at radius 2 is 2.17 bits per heavy atom. The maximum Gasteiger partial charge on any atom is 0.335 e. The highest BCUT2D eigenvalue weighted by atomic mass is 32.1. The van der Waals surface area contributed by atoms with E-state index in [9.17, 15) is 4.79 Å². The van der Waals surface area contributed by atoms with E-state index in [0.29, 0.717) is 10.8 Å². The van der Waals surface area contributed by atoms with Crippen molar-refractivity contribution in [1.82, 2.24) is 4.98 Å². The highest BCUT2D eigenvalue weighted by Crippen LogP contribution is 2.22. The second-order valence-corrected chi connectivity index (χ2v) is 4.51. The Kier molecular flexibility index (Phi) is 3.70. The fraction of sp³-hybridized carbons (Fsp3) is 0.154. The molecule has 1 aromatic carbocycles. The molecular weight excluding hydrogens is 248 g/mol. The molecule has 0 bridgehead atoms. The minimum absolute atomic E-state index is 0.427. The van der Waals surface area contributed by atoms with E-state index < -0.39 is 11.9 Å². The molecule has 1 heterocycles. The Bertz CT molecular complexity index is 587. The molecule has 18 heavy (non-hydrogen) atoms. The van der Waals surface area contributed by atoms with Crippen molar-refractivity contribution < 1.29 is 9.53 Å². The summed E-state index contributed by atoms with van der Waals surface area (Å²) in [5.41, 5.74) is 0.794. The van der Waals surface area contributed by atoms with Gasteiger partial charge in [-0.15, -0.1) is 11.3 Å². The Balaban J connectivity index is 2.15. The number of carbonyl (C=O) groups excluding carboxylic acids is 1. The quantitative estimate of drug-likeness (QED) is 0.627. The van der Waals surface area contributed by atoms with Crippen LogP contribution in [0.4, 0.5) is 0 Å². The van der Waals surface area contributed by atoms with Gasteiger partial charge in [0.05, 0.1) is 6.07 Å². The Morgan fingerprint density at radius 3 is 2.72 bits per heavy atom. The molecule has 1 aromatic heterocycles. The number of para-hydroxylation sites is 1. The van der Waals surface area contributed by atoms with Crippen molar-refractivity contribution in [2.24, 2.45) is 0 Å². The van der Waals surface area contributed by atoms with Crippen molar-refractivity contribution in [2.75, 3.05) is 0 Å². The highest BCUT2D eigenvalue weighted by Gasteiger charge is 2.25. The van der Waals surface area contributed by atoms with Gasteiger partial charge in [0, 0.05) is 11.1 Å². The molecule has 0 aliphatic heterocycles. The molecule has 2 aromatic rings. The number of carbonyl (C=O) groups is 1. The lowest BCUT2D eigenvalue weighted by molar-refractivity contribution is -0.134. The van der Waals surface area contributed by atoms with Crippen molar-refractivity contribution in [2.45, 2.75) is 12.8 Å². The van der Waals surface area contributed by atoms with Crippen LogP contribution in [0, 0.1) is 18.3 Å². The first kappa shape index (κ1) is 12.3. The predicted octanol–water partition coefficient (Wildman–Crippen LogP) is 2.66. The van der Waals surface area contributed by atoms with Crippen LogP contribution < -0.4 is 4.74 Å². The summed E-state index contributed by atoms with van der Waals surface area (Å²) in [6.45, 7) is 1.82. The lowest BCUT2D eigenvalue weighted by atomic mass is 10.2. The van der Waals surface area contributed by atoms with E-state index in [1.54, 1.807) is 29.6 Å². The van der Waals surface area contributed by atoms with Gasteiger partial charge in [0.25, 0.3) is 0 Å². The Morgan fingerprint density at radius 1 is 1.44 bits per heavy atom. The summed E-state index contributed by atoms with van der Waals surface area (Å²) in [6.07, 6.45) is 0. The molecule has 0 aliphatic rings. The number of benzene rings is 1. The third-order valence-corrected chi connectivity index (χ3v) is 3.24. The van der Waals surface area contributed by atoms with Gasteiger partial charge in [-0.25, -0.2) is 9.78 Å². The number of hydrogen-bond acceptors (Lipinski definition) is 5. The molecule has 1 atom stereocenters. The summed E-state index contributed by atoms with van der Waals surface area (Å²) >= 11 is 1.29. The fourth-order valence-corrected chi connectivity index (χ4v) is 2.20. The van der Waals surface area contributed by atoms with Crippen molar-refractivity contribution >= 4 is 17.3 Å². The molecule has 0 radical (unpaired) electrons. The zero-order valence-electron chi connectivity index (χ0n) is 9.66. The van der Waals surface area contributed by atoms with Gasteiger partial charge in [0.15, 0.2) is 5.92 Å². The number of rotatable bonds is 3. The van der Waals surface area contributed by atoms with Crippen molar-refractivity contribution in [1.29, 1.82) is 5.26 Å². The monoisotopic (exact) mass is 258 g/mol. The molecular formula is C13H10N2O2S. The number of nitriles is 1. The topological polar surface area (TPSA) is 63.0 Å². The third kappa shape index (κ3) is 2.73. The number of ether oxygens (including phenoxy) is 1. The normalized spacial score (nSPS) is 11.6. The summed E-state index contributed by atoms with van der Waals surface area (Å²) < 4.78 is 5.14. The van der Waals surface area contributed by atoms with E-state index >= 15 is 0 Å². The number of thiazole rings is 1. The number of esters is 1. The van der Waals surface area contributed by atoms with E-state index in [1.165, 1.54) is 11.3 Å². The van der Waals surface area contributed by atoms with Crippen molar-refractivity contribution in [3.8, 4) is 11.8 Å². The largest absolute Gasteiger partial charge is 0.425 e. The maximum atomic E-state index is 11.9. The van der Waals surface area contributed by atoms with Gasteiger partial charge in [0.1, 0.15) is 10.8 Å². The van der Waals surface area contributed by atoms with Crippen LogP contribution >= 0.6 is 11.3 Å². The summed E-state index contributed by atoms with van der Waals surface area (Å²) in [4.78, 5) is 16.0. The third-order valence-electron chi connectivity index (χ3n) is 2.21. The van der Waals surface area contributed by atoms with Crippen LogP contribution in [0.25, 0.3) is 0 Å². The molecule has 0 saturated heterocycles. The van der Waals surface area contributed by atoms with E-state index in [0.717, 1.165) is 5.69 Å². The lowest BCUT2D eigenvalue weighted by Gasteiger charge is -2.06. The minimum Gasteiger partial charge on any atom is -0.425 e. The maximum absolute atomic E-state index is 11.9. The van der Waals surface area contributed by atoms with Crippen LogP contribution in [0.5, 0.6) is 5.75 Å². The van der Waals surface area contributed by atoms with E-state index in [2.05, 4.69) is 4.98 Å². The SMILES string of the molecule is Cc1csc(C(C#N)C(=O)Oc2ccccc2)n1. The molecule has 0 saturated carbocycles. The van der Waals surface area contributed by atoms with Crippen LogP contribution in [0.2, 0.25) is 0 Å². The number of aromatic nitrogens is 1. The lowest BCUT2D eigenvalue weighted by Crippen LogP contribution is -2.17. The van der Waals surface area contributed by atoms with E-state index in [-0.39, 0.29) is 0 Å². The second kappa shape index (κ2) is 5.43. The zero-order chi connectivity index (χ0) is 13.0. The molecule has 0 fully saturated rings. The first-order valence-corrected chi connectivity index (χ1v) is 6.17. The number of hydrogen-bond donors (Lipinski definition) is 0. The fourth-order valence-electron chi connectivity index (χ4n) is 1.38. The molecule has 0 amide bonds. The van der Waals surface area contributed by atoms with Crippen LogP contribution in [-0.4, -0.2) is 11.0 Å². The van der Waals surface area contributed by atoms with Gasteiger partial charge in [-0.3, -0.25) is 0 Å². The molecule has 90 valence electrons. The van der Waals surface area contributed by atoms with Gasteiger partial charge >= 0.3 is 5.97 Å². The van der Waals surface area contributed by atoms with E-state index in [1.807, 2.05) is 19.1 Å². The molecule has 0 aliphatic carbocycles. The Labute approximate surface area is 108 Å². The standard InChI is InChI=1S/C13H10N2O2S/c1-9-8-18-12(15-9)11(7-14)13(16)17-10-5-3-2-4-6-10/h2-6,8,11H,1H3. The number of nitrogens with zero attached hydrogens (tertiary/aromatic N) is 2. The average Bonchev–Trinajstić information content (AvgIpc) is 2.78. The van der Waals surface area contributed by atoms with Gasteiger partial charge in [-0.2, -0.15) is 5.26 Å². The summed E-state index contributed by atoms with van der Waals surface area (Å²) in [7, 11) is 0. The second-order valence-electron chi connectivity index (χ2n) is 3.62. The predicted molar refractivity (Wildman–Crippen MR) is 67.3 cm³/mol. The van der Waals surface area contributed by atoms with Crippen molar-refractivity contribution in [3.05, 3.63) is 46.4 Å². The van der Waals surface area contributed by atoms with Crippen LogP contribution in [0.15, 0.2) is 35.7 Å². The molecule has 1 unspecified atom stereocenters. The van der Waals surface area contributed by atoms with Gasteiger partial charge < -0.3 is 4.74 Å². The van der Waals surface area contributed by atoms with E-state index in [4.69, 9.17) is 10.00 Å². The first-order valence-electron chi connectivity index (χ1n) is 5.29. The number of aryl methyl sites for hydroxylation is 1. The highest BCUT2D eigenvalue weighted by molar-refractivity contribution is 7.09. The average molecular weight is 258 g/mol. The van der Waals surface area contributed by atoms with Gasteiger partial charge in [-0.05, 0) is 19.1 Å². The minimum atomic E-state index is -0.969. The summed E-state index contributed by atoms with van der Waals surface area (Å²) in [6, 6.07) is 10.6. The van der Waals surface area contributed by atoms with Crippen LogP contribution in [-0.2, 0) is 4.79 Å². The molecule has 4 nitrogen and oxygen atoms in total. The van der Waals surface area contributed by atoms with Gasteiger partial charge in [-0.1, -0.05) is 18.2 Å². The first-order chi connectivity index (χ1) is 8.70. The van der Waals surface area contributed by atoms with Crippen molar-refractivity contribution in [3.63, 3.8) is 0 Å². The molecule has 5 heteroatoms. The molecule has 2 rings (SSSR count).